The van der Waals surface area contributed by atoms with Crippen molar-refractivity contribution in [1.29, 1.82) is 0 Å². The summed E-state index contributed by atoms with van der Waals surface area (Å²) in [6.45, 7) is 0.558. The minimum absolute atomic E-state index is 0.0556. The highest BCUT2D eigenvalue weighted by Crippen LogP contribution is 2.17. The maximum Gasteiger partial charge on any atom is 0.114 e. The molecule has 0 aliphatic carbocycles. The number of aliphatic hydroxyl groups excluding tert-OH is 1. The summed E-state index contributed by atoms with van der Waals surface area (Å²) in [5.41, 5.74) is 0. The van der Waals surface area contributed by atoms with Crippen LogP contribution in [0.15, 0.2) is 0 Å². The zero-order valence-corrected chi connectivity index (χ0v) is 5.55. The van der Waals surface area contributed by atoms with Gasteiger partial charge in [-0.3, -0.25) is 4.90 Å². The van der Waals surface area contributed by atoms with E-state index in [1.807, 2.05) is 11.9 Å². The summed E-state index contributed by atoms with van der Waals surface area (Å²) >= 11 is 0. The van der Waals surface area contributed by atoms with E-state index in [4.69, 9.17) is 5.11 Å². The summed E-state index contributed by atoms with van der Waals surface area (Å²) in [6, 6.07) is 0.0556. The van der Waals surface area contributed by atoms with Gasteiger partial charge in [-0.15, -0.1) is 0 Å². The standard InChI is InChI=1S/C6H12FNO/c1-8-3-5(7)2-6(8)4-9/h5-6,9H,2-4H2,1H3/t5-,6-/m1/s1. The second-order valence-corrected chi connectivity index (χ2v) is 2.61. The van der Waals surface area contributed by atoms with Crippen LogP contribution in [0.1, 0.15) is 6.42 Å². The molecule has 9 heavy (non-hydrogen) atoms. The molecule has 2 atom stereocenters. The smallest absolute Gasteiger partial charge is 0.114 e. The van der Waals surface area contributed by atoms with Gasteiger partial charge in [0.05, 0.1) is 6.61 Å². The van der Waals surface area contributed by atoms with E-state index in [2.05, 4.69) is 0 Å². The van der Waals surface area contributed by atoms with Crippen molar-refractivity contribution in [3.05, 3.63) is 0 Å². The van der Waals surface area contributed by atoms with Gasteiger partial charge in [0.2, 0.25) is 0 Å². The van der Waals surface area contributed by atoms with E-state index in [0.717, 1.165) is 0 Å². The Kier molecular flexibility index (Phi) is 2.03. The average Bonchev–Trinajstić information content (AvgIpc) is 2.10. The lowest BCUT2D eigenvalue weighted by Gasteiger charge is -2.14. The van der Waals surface area contributed by atoms with Crippen molar-refractivity contribution < 1.29 is 9.50 Å². The van der Waals surface area contributed by atoms with Crippen molar-refractivity contribution in [3.8, 4) is 0 Å². The molecule has 0 spiro atoms. The first-order chi connectivity index (χ1) is 4.24. The molecule has 1 N–H and O–H groups in total. The van der Waals surface area contributed by atoms with Gasteiger partial charge in [-0.1, -0.05) is 0 Å². The third-order valence-corrected chi connectivity index (χ3v) is 1.85. The van der Waals surface area contributed by atoms with Crippen molar-refractivity contribution >= 4 is 0 Å². The van der Waals surface area contributed by atoms with E-state index in [9.17, 15) is 4.39 Å². The molecule has 0 bridgehead atoms. The molecule has 1 saturated heterocycles. The largest absolute Gasteiger partial charge is 0.395 e. The molecule has 1 rings (SSSR count). The van der Waals surface area contributed by atoms with Gasteiger partial charge in [-0.25, -0.2) is 4.39 Å². The van der Waals surface area contributed by atoms with Gasteiger partial charge in [-0.05, 0) is 13.5 Å². The van der Waals surface area contributed by atoms with Crippen LogP contribution in [0.4, 0.5) is 4.39 Å². The highest BCUT2D eigenvalue weighted by atomic mass is 19.1. The Bertz CT molecular complexity index is 99.1. The lowest BCUT2D eigenvalue weighted by Crippen LogP contribution is -2.27. The summed E-state index contributed by atoms with van der Waals surface area (Å²) in [5.74, 6) is 0. The van der Waals surface area contributed by atoms with Crippen LogP contribution in [-0.2, 0) is 0 Å². The van der Waals surface area contributed by atoms with Crippen LogP contribution in [0, 0.1) is 0 Å². The summed E-state index contributed by atoms with van der Waals surface area (Å²) in [4.78, 5) is 1.85. The Morgan fingerprint density at radius 3 is 2.67 bits per heavy atom. The molecular formula is C6H12FNO. The van der Waals surface area contributed by atoms with Crippen molar-refractivity contribution in [2.75, 3.05) is 20.2 Å². The van der Waals surface area contributed by atoms with E-state index in [-0.39, 0.29) is 12.6 Å². The van der Waals surface area contributed by atoms with Gasteiger partial charge in [0, 0.05) is 12.6 Å². The SMILES string of the molecule is CN1C[C@H](F)C[C@@H]1CO. The van der Waals surface area contributed by atoms with Crippen LogP contribution in [0.3, 0.4) is 0 Å². The predicted octanol–water partition coefficient (Wildman–Crippen LogP) is 0.0209. The fourth-order valence-electron chi connectivity index (χ4n) is 1.23. The fraction of sp³-hybridized carbons (Fsp3) is 1.00. The van der Waals surface area contributed by atoms with Gasteiger partial charge in [0.15, 0.2) is 0 Å². The molecule has 0 unspecified atom stereocenters. The molecule has 1 aliphatic heterocycles. The summed E-state index contributed by atoms with van der Waals surface area (Å²) in [5, 5.41) is 8.65. The van der Waals surface area contributed by atoms with Gasteiger partial charge in [0.25, 0.3) is 0 Å². The molecule has 0 saturated carbocycles. The Hall–Kier alpha value is -0.150. The van der Waals surface area contributed by atoms with E-state index >= 15 is 0 Å². The molecular weight excluding hydrogens is 121 g/mol. The van der Waals surface area contributed by atoms with Gasteiger partial charge in [0.1, 0.15) is 6.17 Å². The molecule has 54 valence electrons. The Morgan fingerprint density at radius 2 is 2.44 bits per heavy atom. The second-order valence-electron chi connectivity index (χ2n) is 2.61. The average molecular weight is 133 g/mol. The maximum absolute atomic E-state index is 12.5. The number of hydrogen-bond acceptors (Lipinski definition) is 2. The van der Waals surface area contributed by atoms with Crippen molar-refractivity contribution in [3.63, 3.8) is 0 Å². The lowest BCUT2D eigenvalue weighted by molar-refractivity contribution is 0.182. The zero-order chi connectivity index (χ0) is 6.85. The minimum atomic E-state index is -0.729. The van der Waals surface area contributed by atoms with Crippen molar-refractivity contribution in [1.82, 2.24) is 4.90 Å². The molecule has 1 fully saturated rings. The molecule has 2 nitrogen and oxygen atoms in total. The molecule has 1 heterocycles. The van der Waals surface area contributed by atoms with Crippen molar-refractivity contribution in [2.24, 2.45) is 0 Å². The third kappa shape index (κ3) is 1.40. The van der Waals surface area contributed by atoms with Gasteiger partial charge < -0.3 is 5.11 Å². The number of aliphatic hydroxyl groups is 1. The summed E-state index contributed by atoms with van der Waals surface area (Å²) in [6.07, 6.45) is -0.236. The predicted molar refractivity (Wildman–Crippen MR) is 33.0 cm³/mol. The van der Waals surface area contributed by atoms with E-state index < -0.39 is 6.17 Å². The summed E-state index contributed by atoms with van der Waals surface area (Å²) in [7, 11) is 1.83. The van der Waals surface area contributed by atoms with Crippen LogP contribution in [-0.4, -0.2) is 42.4 Å². The van der Waals surface area contributed by atoms with Gasteiger partial charge >= 0.3 is 0 Å². The number of likely N-dealkylation sites (N-methyl/N-ethyl adjacent to an activating group) is 1. The first kappa shape index (κ1) is 6.96. The Balaban J connectivity index is 2.38. The van der Waals surface area contributed by atoms with Crippen LogP contribution < -0.4 is 0 Å². The molecule has 0 aromatic rings. The van der Waals surface area contributed by atoms with Crippen LogP contribution in [0.2, 0.25) is 0 Å². The fourth-order valence-corrected chi connectivity index (χ4v) is 1.23. The topological polar surface area (TPSA) is 23.5 Å². The lowest BCUT2D eigenvalue weighted by atomic mass is 10.2. The van der Waals surface area contributed by atoms with Crippen LogP contribution in [0.25, 0.3) is 0 Å². The number of rotatable bonds is 1. The van der Waals surface area contributed by atoms with E-state index in [1.54, 1.807) is 0 Å². The molecule has 0 radical (unpaired) electrons. The summed E-state index contributed by atoms with van der Waals surface area (Å²) < 4.78 is 12.5. The number of hydrogen-bond donors (Lipinski definition) is 1. The van der Waals surface area contributed by atoms with Crippen molar-refractivity contribution in [2.45, 2.75) is 18.6 Å². The zero-order valence-electron chi connectivity index (χ0n) is 5.55. The Labute approximate surface area is 54.3 Å². The highest BCUT2D eigenvalue weighted by Gasteiger charge is 2.28. The van der Waals surface area contributed by atoms with E-state index in [1.165, 1.54) is 0 Å². The molecule has 1 aliphatic rings. The van der Waals surface area contributed by atoms with Crippen LogP contribution >= 0.6 is 0 Å². The maximum atomic E-state index is 12.5. The molecule has 0 amide bonds. The normalized spacial score (nSPS) is 37.7. The number of halogens is 1. The highest BCUT2D eigenvalue weighted by molar-refractivity contribution is 4.81. The number of alkyl halides is 1. The first-order valence-corrected chi connectivity index (χ1v) is 3.19. The second kappa shape index (κ2) is 2.62. The first-order valence-electron chi connectivity index (χ1n) is 3.19. The minimum Gasteiger partial charge on any atom is -0.395 e. The number of nitrogens with zero attached hydrogens (tertiary/aromatic N) is 1. The Morgan fingerprint density at radius 1 is 1.78 bits per heavy atom. The van der Waals surface area contributed by atoms with E-state index in [0.29, 0.717) is 13.0 Å². The van der Waals surface area contributed by atoms with Gasteiger partial charge in [-0.2, -0.15) is 0 Å². The third-order valence-electron chi connectivity index (χ3n) is 1.85. The number of likely N-dealkylation sites (tertiary alicyclic amines) is 1. The van der Waals surface area contributed by atoms with Crippen LogP contribution in [0.5, 0.6) is 0 Å². The monoisotopic (exact) mass is 133 g/mol. The molecule has 3 heteroatoms. The quantitative estimate of drug-likeness (QED) is 0.545. The molecule has 0 aromatic carbocycles. The molecule has 0 aromatic heterocycles.